The van der Waals surface area contributed by atoms with Crippen molar-refractivity contribution in [2.75, 3.05) is 18.0 Å². The van der Waals surface area contributed by atoms with Crippen molar-refractivity contribution >= 4 is 38.7 Å². The molecule has 1 saturated heterocycles. The molecule has 3 aromatic heterocycles. The quantitative estimate of drug-likeness (QED) is 0.747. The molecule has 0 aromatic carbocycles. The van der Waals surface area contributed by atoms with Gasteiger partial charge in [0.05, 0.1) is 31.0 Å². The smallest absolute Gasteiger partial charge is 0.163 e. The fourth-order valence-electron chi connectivity index (χ4n) is 3.96. The van der Waals surface area contributed by atoms with E-state index in [1.54, 1.807) is 22.7 Å². The monoisotopic (exact) mass is 382 g/mol. The number of aliphatic hydroxyl groups is 1. The first-order chi connectivity index (χ1) is 12.7. The molecule has 5 nitrogen and oxygen atoms in total. The summed E-state index contributed by atoms with van der Waals surface area (Å²) in [4.78, 5) is 14.4. The van der Waals surface area contributed by atoms with Crippen LogP contribution in [0.5, 0.6) is 0 Å². The summed E-state index contributed by atoms with van der Waals surface area (Å²) >= 11 is 3.44. The zero-order valence-corrected chi connectivity index (χ0v) is 15.9. The molecule has 0 saturated carbocycles. The fraction of sp³-hybridized carbons (Fsp3) is 0.421. The first-order valence-electron chi connectivity index (χ1n) is 8.86. The molecule has 2 aliphatic rings. The van der Waals surface area contributed by atoms with Crippen LogP contribution in [-0.2, 0) is 12.8 Å². The Morgan fingerprint density at radius 2 is 2.12 bits per heavy atom. The van der Waals surface area contributed by atoms with E-state index < -0.39 is 5.60 Å². The third-order valence-electron chi connectivity index (χ3n) is 5.25. The zero-order valence-electron chi connectivity index (χ0n) is 14.2. The second-order valence-electron chi connectivity index (χ2n) is 7.19. The van der Waals surface area contributed by atoms with Crippen molar-refractivity contribution in [3.8, 4) is 17.5 Å². The average molecular weight is 383 g/mol. The summed E-state index contributed by atoms with van der Waals surface area (Å²) in [7, 11) is 0. The fourth-order valence-corrected chi connectivity index (χ4v) is 5.85. The van der Waals surface area contributed by atoms with Crippen molar-refractivity contribution in [1.82, 2.24) is 9.97 Å². The van der Waals surface area contributed by atoms with E-state index in [1.807, 2.05) is 11.4 Å². The van der Waals surface area contributed by atoms with Gasteiger partial charge in [0.15, 0.2) is 5.82 Å². The molecule has 1 aliphatic carbocycles. The van der Waals surface area contributed by atoms with Gasteiger partial charge in [-0.25, -0.2) is 9.97 Å². The van der Waals surface area contributed by atoms with Gasteiger partial charge in [-0.3, -0.25) is 0 Å². The minimum Gasteiger partial charge on any atom is -0.385 e. The highest BCUT2D eigenvalue weighted by atomic mass is 32.1. The Labute approximate surface area is 159 Å². The molecule has 4 heterocycles. The largest absolute Gasteiger partial charge is 0.385 e. The molecule has 0 bridgehead atoms. The lowest BCUT2D eigenvalue weighted by Crippen LogP contribution is -2.62. The van der Waals surface area contributed by atoms with Gasteiger partial charge >= 0.3 is 0 Å². The Hall–Kier alpha value is -2.01. The molecule has 3 aromatic rings. The summed E-state index contributed by atoms with van der Waals surface area (Å²) in [6.45, 7) is 0.917. The normalized spacial score (nSPS) is 18.4. The number of nitrogens with zero attached hydrogens (tertiary/aromatic N) is 4. The Balaban J connectivity index is 1.65. The molecular formula is C19H18N4OS2. The van der Waals surface area contributed by atoms with Gasteiger partial charge in [0.1, 0.15) is 16.2 Å². The molecule has 1 N–H and O–H groups in total. The molecule has 0 unspecified atom stereocenters. The number of aryl methyl sites for hydroxylation is 2. The predicted octanol–water partition coefficient (Wildman–Crippen LogP) is 3.76. The first kappa shape index (κ1) is 16.2. The van der Waals surface area contributed by atoms with Crippen molar-refractivity contribution in [2.24, 2.45) is 0 Å². The average Bonchev–Trinajstić information content (AvgIpc) is 3.26. The van der Waals surface area contributed by atoms with Crippen LogP contribution in [-0.4, -0.2) is 33.8 Å². The number of hydrogen-bond donors (Lipinski definition) is 1. The van der Waals surface area contributed by atoms with Crippen LogP contribution in [0.4, 0.5) is 5.82 Å². The molecule has 5 rings (SSSR count). The second kappa shape index (κ2) is 6.02. The van der Waals surface area contributed by atoms with Gasteiger partial charge in [0.25, 0.3) is 0 Å². The van der Waals surface area contributed by atoms with Crippen molar-refractivity contribution in [1.29, 1.82) is 5.26 Å². The summed E-state index contributed by atoms with van der Waals surface area (Å²) < 4.78 is 0. The lowest BCUT2D eigenvalue weighted by Gasteiger charge is -2.46. The van der Waals surface area contributed by atoms with Gasteiger partial charge in [-0.1, -0.05) is 0 Å². The maximum Gasteiger partial charge on any atom is 0.163 e. The van der Waals surface area contributed by atoms with Crippen LogP contribution in [0, 0.1) is 11.3 Å². The van der Waals surface area contributed by atoms with Crippen molar-refractivity contribution in [3.05, 3.63) is 27.3 Å². The van der Waals surface area contributed by atoms with Crippen molar-refractivity contribution in [3.63, 3.8) is 0 Å². The number of nitriles is 1. The third kappa shape index (κ3) is 2.52. The van der Waals surface area contributed by atoms with Crippen LogP contribution in [0.3, 0.4) is 0 Å². The van der Waals surface area contributed by atoms with Crippen LogP contribution in [0.2, 0.25) is 0 Å². The second-order valence-corrected chi connectivity index (χ2v) is 9.05. The van der Waals surface area contributed by atoms with Crippen LogP contribution < -0.4 is 4.90 Å². The van der Waals surface area contributed by atoms with Crippen LogP contribution in [0.25, 0.3) is 21.6 Å². The minimum absolute atomic E-state index is 0.164. The van der Waals surface area contributed by atoms with E-state index in [1.165, 1.54) is 28.7 Å². The summed E-state index contributed by atoms with van der Waals surface area (Å²) in [5, 5.41) is 24.7. The third-order valence-corrected chi connectivity index (χ3v) is 7.12. The van der Waals surface area contributed by atoms with Crippen molar-refractivity contribution < 1.29 is 5.11 Å². The number of fused-ring (bicyclic) bond motifs is 3. The van der Waals surface area contributed by atoms with E-state index in [4.69, 9.17) is 15.2 Å². The molecular weight excluding hydrogens is 364 g/mol. The SMILES string of the molecule is N#CCC1(O)CN(c2nc(-c3ccsc3)nc3sc4c(c23)CCCC4)C1. The summed E-state index contributed by atoms with van der Waals surface area (Å²) in [5.41, 5.74) is 1.53. The van der Waals surface area contributed by atoms with Gasteiger partial charge in [-0.05, 0) is 42.7 Å². The molecule has 0 amide bonds. The molecule has 132 valence electrons. The van der Waals surface area contributed by atoms with E-state index >= 15 is 0 Å². The van der Waals surface area contributed by atoms with Gasteiger partial charge in [0, 0.05) is 15.8 Å². The molecule has 0 radical (unpaired) electrons. The van der Waals surface area contributed by atoms with Crippen LogP contribution >= 0.6 is 22.7 Å². The maximum atomic E-state index is 10.5. The summed E-state index contributed by atoms with van der Waals surface area (Å²) in [5.74, 6) is 1.68. The minimum atomic E-state index is -0.912. The highest BCUT2D eigenvalue weighted by Gasteiger charge is 2.43. The van der Waals surface area contributed by atoms with Gasteiger partial charge < -0.3 is 10.0 Å². The van der Waals surface area contributed by atoms with Gasteiger partial charge in [-0.2, -0.15) is 16.6 Å². The number of thiophene rings is 2. The Bertz CT molecular complexity index is 1010. The lowest BCUT2D eigenvalue weighted by atomic mass is 9.90. The summed E-state index contributed by atoms with van der Waals surface area (Å²) in [6, 6.07) is 4.14. The number of rotatable bonds is 3. The van der Waals surface area contributed by atoms with Crippen LogP contribution in [0.15, 0.2) is 16.8 Å². The van der Waals surface area contributed by atoms with Gasteiger partial charge in [-0.15, -0.1) is 11.3 Å². The van der Waals surface area contributed by atoms with E-state index in [9.17, 15) is 5.11 Å². The number of β-amino-alcohol motifs (C(OH)–C–C–N with tert-alkyl or cyclic N) is 1. The Kier molecular flexibility index (Phi) is 3.74. The van der Waals surface area contributed by atoms with Gasteiger partial charge in [0.2, 0.25) is 0 Å². The highest BCUT2D eigenvalue weighted by molar-refractivity contribution is 7.19. The predicted molar refractivity (Wildman–Crippen MR) is 105 cm³/mol. The van der Waals surface area contributed by atoms with Crippen LogP contribution in [0.1, 0.15) is 29.7 Å². The molecule has 1 fully saturated rings. The molecule has 0 spiro atoms. The Morgan fingerprint density at radius 3 is 2.88 bits per heavy atom. The number of anilines is 1. The van der Waals surface area contributed by atoms with E-state index in [0.717, 1.165) is 34.9 Å². The Morgan fingerprint density at radius 1 is 1.27 bits per heavy atom. The lowest BCUT2D eigenvalue weighted by molar-refractivity contribution is 0.0164. The van der Waals surface area contributed by atoms with E-state index in [-0.39, 0.29) is 6.42 Å². The highest BCUT2D eigenvalue weighted by Crippen LogP contribution is 2.43. The standard InChI is InChI=1S/C19H18N4OS2/c20-7-6-19(24)10-23(11-19)17-15-13-3-1-2-4-14(13)26-18(15)22-16(21-17)12-5-8-25-9-12/h5,8-9,24H,1-4,6,10-11H2. The topological polar surface area (TPSA) is 73.0 Å². The molecule has 0 atom stereocenters. The number of aromatic nitrogens is 2. The number of hydrogen-bond acceptors (Lipinski definition) is 7. The zero-order chi connectivity index (χ0) is 17.7. The molecule has 26 heavy (non-hydrogen) atoms. The summed E-state index contributed by atoms with van der Waals surface area (Å²) in [6.07, 6.45) is 4.83. The first-order valence-corrected chi connectivity index (χ1v) is 10.6. The van der Waals surface area contributed by atoms with E-state index in [2.05, 4.69) is 16.3 Å². The molecule has 1 aliphatic heterocycles. The van der Waals surface area contributed by atoms with Crippen molar-refractivity contribution in [2.45, 2.75) is 37.7 Å². The van der Waals surface area contributed by atoms with E-state index in [0.29, 0.717) is 13.1 Å². The maximum absolute atomic E-state index is 10.5. The molecule has 7 heteroatoms.